The molecule has 0 saturated carbocycles. The second kappa shape index (κ2) is 16.9. The Morgan fingerprint density at radius 2 is 1.73 bits per heavy atom. The third-order valence-electron chi connectivity index (χ3n) is 8.40. The van der Waals surface area contributed by atoms with Crippen molar-refractivity contribution in [2.24, 2.45) is 5.92 Å². The third-order valence-corrected chi connectivity index (χ3v) is 8.40. The number of urea groups is 1. The van der Waals surface area contributed by atoms with E-state index in [9.17, 15) is 32.7 Å². The molecule has 0 fully saturated rings. The van der Waals surface area contributed by atoms with Crippen LogP contribution in [0.5, 0.6) is 17.2 Å². The van der Waals surface area contributed by atoms with Crippen LogP contribution in [0.25, 0.3) is 0 Å². The smallest absolute Gasteiger partial charge is 0.389 e. The van der Waals surface area contributed by atoms with Crippen molar-refractivity contribution in [3.63, 3.8) is 0 Å². The number of ether oxygens (including phenoxy) is 4. The first-order valence-corrected chi connectivity index (χ1v) is 16.4. The molecule has 0 aromatic heterocycles. The number of likely N-dealkylation sites (N-methyl/N-ethyl adjacent to an activating group) is 1. The molecular formula is C34H45F3N4O8. The van der Waals surface area contributed by atoms with E-state index in [2.05, 4.69) is 10.6 Å². The molecule has 2 aromatic rings. The van der Waals surface area contributed by atoms with E-state index in [1.807, 2.05) is 13.8 Å². The molecule has 12 nitrogen and oxygen atoms in total. The number of nitrogens with one attached hydrogen (secondary N) is 2. The molecule has 15 heteroatoms. The molecule has 4 rings (SSSR count). The lowest BCUT2D eigenvalue weighted by molar-refractivity contribution is -0.142. The van der Waals surface area contributed by atoms with E-state index in [-0.39, 0.29) is 61.5 Å². The fraction of sp³-hybridized carbons (Fsp3) is 0.559. The van der Waals surface area contributed by atoms with Gasteiger partial charge in [0.1, 0.15) is 5.75 Å². The second-order valence-corrected chi connectivity index (χ2v) is 12.6. The highest BCUT2D eigenvalue weighted by Gasteiger charge is 2.32. The number of carbonyl (C=O) groups excluding carboxylic acids is 3. The van der Waals surface area contributed by atoms with E-state index in [4.69, 9.17) is 18.9 Å². The topological polar surface area (TPSA) is 139 Å². The first-order chi connectivity index (χ1) is 23.2. The summed E-state index contributed by atoms with van der Waals surface area (Å²) in [5, 5.41) is 15.4. The minimum atomic E-state index is -4.49. The van der Waals surface area contributed by atoms with Crippen LogP contribution in [0, 0.1) is 5.92 Å². The van der Waals surface area contributed by atoms with Crippen molar-refractivity contribution in [1.29, 1.82) is 0 Å². The van der Waals surface area contributed by atoms with Crippen LogP contribution in [0.4, 0.5) is 29.3 Å². The summed E-state index contributed by atoms with van der Waals surface area (Å²) in [6.45, 7) is 5.91. The Hall–Kier alpha value is -4.24. The van der Waals surface area contributed by atoms with Crippen LogP contribution in [0.2, 0.25) is 0 Å². The molecule has 0 saturated heterocycles. The summed E-state index contributed by atoms with van der Waals surface area (Å²) in [7, 11) is 1.64. The standard InChI is InChI=1S/C34H45F3N4O8/c1-21-17-41(22(2)19-42)32(44)26-15-24(38-31(43)12-13-34(35,36)37)8-10-27(26)49-23(3)7-5-6-14-46-30(21)18-40(4)33(45)39-25-9-11-28-29(16-25)48-20-47-28/h8-11,15-16,21-23,30,42H,5-7,12-14,17-20H2,1-4H3,(H,38,43)(H,39,45)/t21-,22-,23+,30-/m0/s1. The molecule has 0 unspecified atom stereocenters. The van der Waals surface area contributed by atoms with E-state index >= 15 is 0 Å². The molecule has 3 N–H and O–H groups in total. The quantitative estimate of drug-likeness (QED) is 0.322. The fourth-order valence-electron chi connectivity index (χ4n) is 5.49. The van der Waals surface area contributed by atoms with Crippen molar-refractivity contribution < 1.29 is 51.6 Å². The number of amides is 4. The maximum absolute atomic E-state index is 14.2. The molecule has 49 heavy (non-hydrogen) atoms. The van der Waals surface area contributed by atoms with Crippen LogP contribution < -0.4 is 24.8 Å². The SMILES string of the molecule is C[C@@H]1CCCCO[C@@H](CN(C)C(=O)Nc2ccc3c(c2)OCO3)[C@@H](C)CN([C@@H](C)CO)C(=O)c2cc(NC(=O)CCC(F)(F)F)ccc2O1. The van der Waals surface area contributed by atoms with Crippen LogP contribution in [0.3, 0.4) is 0 Å². The number of rotatable bonds is 8. The lowest BCUT2D eigenvalue weighted by Crippen LogP contribution is -2.48. The van der Waals surface area contributed by atoms with E-state index < -0.39 is 43.0 Å². The number of aliphatic hydroxyl groups is 1. The summed E-state index contributed by atoms with van der Waals surface area (Å²) < 4.78 is 61.2. The molecule has 0 aliphatic carbocycles. The Labute approximate surface area is 283 Å². The largest absolute Gasteiger partial charge is 0.490 e. The number of carbonyl (C=O) groups is 3. The van der Waals surface area contributed by atoms with Crippen molar-refractivity contribution in [2.45, 2.75) is 77.3 Å². The number of hydrogen-bond donors (Lipinski definition) is 3. The monoisotopic (exact) mass is 694 g/mol. The predicted octanol–water partition coefficient (Wildman–Crippen LogP) is 5.66. The van der Waals surface area contributed by atoms with Gasteiger partial charge >= 0.3 is 12.2 Å². The number of hydrogen-bond acceptors (Lipinski definition) is 8. The van der Waals surface area contributed by atoms with E-state index in [0.717, 1.165) is 12.8 Å². The number of nitrogens with zero attached hydrogens (tertiary/aromatic N) is 2. The van der Waals surface area contributed by atoms with Gasteiger partial charge in [-0.15, -0.1) is 0 Å². The Morgan fingerprint density at radius 3 is 2.45 bits per heavy atom. The molecule has 4 amide bonds. The zero-order valence-corrected chi connectivity index (χ0v) is 28.2. The Bertz CT molecular complexity index is 1460. The first kappa shape index (κ1) is 37.6. The van der Waals surface area contributed by atoms with Gasteiger partial charge in [-0.05, 0) is 63.4 Å². The van der Waals surface area contributed by atoms with Gasteiger partial charge in [0.15, 0.2) is 11.5 Å². The lowest BCUT2D eigenvalue weighted by atomic mass is 10.0. The maximum atomic E-state index is 14.2. The predicted molar refractivity (Wildman–Crippen MR) is 175 cm³/mol. The van der Waals surface area contributed by atoms with Crippen LogP contribution in [-0.2, 0) is 9.53 Å². The summed E-state index contributed by atoms with van der Waals surface area (Å²) in [5.74, 6) is -0.306. The Kier molecular flexibility index (Phi) is 13.0. The lowest BCUT2D eigenvalue weighted by Gasteiger charge is -2.35. The molecule has 0 spiro atoms. The number of aliphatic hydroxyl groups excluding tert-OH is 1. The van der Waals surface area contributed by atoms with Crippen molar-refractivity contribution in [3.8, 4) is 17.2 Å². The number of anilines is 2. The van der Waals surface area contributed by atoms with Crippen molar-refractivity contribution in [2.75, 3.05) is 50.8 Å². The average Bonchev–Trinajstić information content (AvgIpc) is 3.52. The van der Waals surface area contributed by atoms with E-state index in [1.54, 1.807) is 32.2 Å². The average molecular weight is 695 g/mol. The van der Waals surface area contributed by atoms with Gasteiger partial charge in [-0.2, -0.15) is 13.2 Å². The molecule has 2 aromatic carbocycles. The van der Waals surface area contributed by atoms with Gasteiger partial charge in [-0.1, -0.05) is 6.92 Å². The molecule has 270 valence electrons. The van der Waals surface area contributed by atoms with Gasteiger partial charge in [0.2, 0.25) is 12.7 Å². The number of halogens is 3. The summed E-state index contributed by atoms with van der Waals surface area (Å²) in [6, 6.07) is 8.44. The van der Waals surface area contributed by atoms with Gasteiger partial charge in [-0.3, -0.25) is 9.59 Å². The summed E-state index contributed by atoms with van der Waals surface area (Å²) >= 11 is 0. The van der Waals surface area contributed by atoms with Gasteiger partial charge in [0, 0.05) is 56.5 Å². The second-order valence-electron chi connectivity index (χ2n) is 12.6. The highest BCUT2D eigenvalue weighted by Crippen LogP contribution is 2.34. The normalized spacial score (nSPS) is 20.8. The Morgan fingerprint density at radius 1 is 1.04 bits per heavy atom. The molecule has 0 bridgehead atoms. The molecule has 2 aliphatic heterocycles. The van der Waals surface area contributed by atoms with Crippen LogP contribution >= 0.6 is 0 Å². The minimum absolute atomic E-state index is 0.0859. The third kappa shape index (κ3) is 10.9. The molecule has 2 heterocycles. The fourth-order valence-corrected chi connectivity index (χ4v) is 5.49. The number of benzene rings is 2. The van der Waals surface area contributed by atoms with E-state index in [0.29, 0.717) is 30.2 Å². The minimum Gasteiger partial charge on any atom is -0.490 e. The first-order valence-electron chi connectivity index (χ1n) is 16.4. The number of fused-ring (bicyclic) bond motifs is 2. The Balaban J connectivity index is 1.55. The van der Waals surface area contributed by atoms with Crippen molar-refractivity contribution in [3.05, 3.63) is 42.0 Å². The summed E-state index contributed by atoms with van der Waals surface area (Å²) in [6.07, 6.45) is -5.21. The maximum Gasteiger partial charge on any atom is 0.389 e. The number of alkyl halides is 3. The zero-order valence-electron chi connectivity index (χ0n) is 28.2. The van der Waals surface area contributed by atoms with Crippen LogP contribution in [0.1, 0.15) is 63.2 Å². The summed E-state index contributed by atoms with van der Waals surface area (Å²) in [4.78, 5) is 42.7. The highest BCUT2D eigenvalue weighted by molar-refractivity contribution is 5.99. The van der Waals surface area contributed by atoms with Crippen molar-refractivity contribution >= 4 is 29.2 Å². The van der Waals surface area contributed by atoms with Gasteiger partial charge < -0.3 is 44.5 Å². The van der Waals surface area contributed by atoms with Crippen molar-refractivity contribution in [1.82, 2.24) is 9.80 Å². The summed E-state index contributed by atoms with van der Waals surface area (Å²) in [5.41, 5.74) is 0.751. The zero-order chi connectivity index (χ0) is 35.7. The molecule has 2 aliphatic rings. The van der Waals surface area contributed by atoms with Gasteiger partial charge in [0.05, 0.1) is 36.8 Å². The molecule has 0 radical (unpaired) electrons. The highest BCUT2D eigenvalue weighted by atomic mass is 19.4. The van der Waals surface area contributed by atoms with Gasteiger partial charge in [-0.25, -0.2) is 4.79 Å². The van der Waals surface area contributed by atoms with E-state index in [1.165, 1.54) is 28.0 Å². The molecular weight excluding hydrogens is 649 g/mol. The van der Waals surface area contributed by atoms with Crippen LogP contribution in [-0.4, -0.2) is 97.3 Å². The van der Waals surface area contributed by atoms with Gasteiger partial charge in [0.25, 0.3) is 5.91 Å². The van der Waals surface area contributed by atoms with Crippen LogP contribution in [0.15, 0.2) is 36.4 Å². The molecule has 4 atom stereocenters.